The van der Waals surface area contributed by atoms with Crippen LogP contribution < -0.4 is 43.0 Å². The number of aryl methyl sites for hydroxylation is 1. The number of amides is 5. The SMILES string of the molecule is C#CCCCN.C#CCCCNC(=O)N1Cc2cnc(NC3Cc4ccccc4C3)nc2C1.C#CCCCNC(=O)n1ccnc1.Cl.Cl.O.O=C(NCCCc1nn[nH]n1)N1Cc2cnc(NC3Cc4ccccc4C3)nc2C1.c1ccc2c(c1)CC(Nc1ncc3c(n1)CNC3)C2. The number of aromatic nitrogens is 12. The van der Waals surface area contributed by atoms with Crippen molar-refractivity contribution in [2.24, 2.45) is 5.73 Å². The van der Waals surface area contributed by atoms with Gasteiger partial charge in [0.15, 0.2) is 5.82 Å². The normalized spacial score (nSPS) is 13.8. The van der Waals surface area contributed by atoms with Crippen molar-refractivity contribution in [2.45, 2.75) is 147 Å². The summed E-state index contributed by atoms with van der Waals surface area (Å²) in [5, 5.41) is 36.0. The molecule has 14 rings (SSSR count). The van der Waals surface area contributed by atoms with Gasteiger partial charge >= 0.3 is 18.1 Å². The molecule has 12 N–H and O–H groups in total. The van der Waals surface area contributed by atoms with Gasteiger partial charge in [0.1, 0.15) is 6.33 Å². The Kier molecular flexibility index (Phi) is 29.9. The number of nitrogens with two attached hydrogens (primary N) is 1. The highest BCUT2D eigenvalue weighted by Gasteiger charge is 2.29. The lowest BCUT2D eigenvalue weighted by Gasteiger charge is -2.15. The second-order valence-electron chi connectivity index (χ2n) is 23.7. The van der Waals surface area contributed by atoms with E-state index in [0.29, 0.717) is 107 Å². The number of anilines is 3. The van der Waals surface area contributed by atoms with Gasteiger partial charge in [0.2, 0.25) is 17.8 Å². The van der Waals surface area contributed by atoms with Gasteiger partial charge in [-0.3, -0.25) is 4.57 Å². The maximum absolute atomic E-state index is 12.5. The van der Waals surface area contributed by atoms with E-state index in [1.165, 1.54) is 49.8 Å². The molecule has 0 bridgehead atoms. The topological polar surface area (TPSA) is 349 Å². The van der Waals surface area contributed by atoms with Crippen molar-refractivity contribution in [3.05, 3.63) is 183 Å². The molecule has 0 atom stereocenters. The van der Waals surface area contributed by atoms with Gasteiger partial charge in [0.25, 0.3) is 0 Å². The zero-order valence-electron chi connectivity index (χ0n) is 54.8. The molecule has 5 aromatic heterocycles. The smallest absolute Gasteiger partial charge is 0.326 e. The van der Waals surface area contributed by atoms with E-state index in [0.717, 1.165) is 118 Å². The number of nitrogens with one attached hydrogen (secondary N) is 8. The Labute approximate surface area is 584 Å². The van der Waals surface area contributed by atoms with Crippen LogP contribution in [0.2, 0.25) is 0 Å². The summed E-state index contributed by atoms with van der Waals surface area (Å²) in [4.78, 5) is 70.5. The first-order valence-electron chi connectivity index (χ1n) is 32.4. The number of benzene rings is 3. The number of urea groups is 2. The van der Waals surface area contributed by atoms with Crippen molar-refractivity contribution < 1.29 is 19.9 Å². The minimum absolute atomic E-state index is 0. The molecule has 0 spiro atoms. The molecule has 0 unspecified atom stereocenters. The fourth-order valence-corrected chi connectivity index (χ4v) is 11.8. The zero-order valence-corrected chi connectivity index (χ0v) is 56.4. The van der Waals surface area contributed by atoms with E-state index in [-0.39, 0.29) is 48.4 Å². The Morgan fingerprint density at radius 2 is 0.949 bits per heavy atom. The lowest BCUT2D eigenvalue weighted by Crippen LogP contribution is -2.37. The first-order valence-corrected chi connectivity index (χ1v) is 32.4. The van der Waals surface area contributed by atoms with E-state index < -0.39 is 0 Å². The number of aromatic amines is 1. The number of unbranched alkanes of at least 4 members (excludes halogenated alkanes) is 3. The number of halogens is 2. The number of terminal acetylenes is 3. The van der Waals surface area contributed by atoms with Gasteiger partial charge in [-0.1, -0.05) is 78.0 Å². The van der Waals surface area contributed by atoms with E-state index >= 15 is 0 Å². The number of carbonyl (C=O) groups excluding carboxylic acids is 3. The minimum atomic E-state index is -0.172. The third-order valence-electron chi connectivity index (χ3n) is 16.7. The zero-order chi connectivity index (χ0) is 66.0. The summed E-state index contributed by atoms with van der Waals surface area (Å²) < 4.78 is 1.38. The minimum Gasteiger partial charge on any atom is -0.412 e. The number of rotatable bonds is 18. The summed E-state index contributed by atoms with van der Waals surface area (Å²) in [5.74, 6) is 10.3. The van der Waals surface area contributed by atoms with Gasteiger partial charge < -0.3 is 58.2 Å². The summed E-state index contributed by atoms with van der Waals surface area (Å²) in [7, 11) is 0. The van der Waals surface area contributed by atoms with E-state index in [4.69, 9.17) is 25.0 Å². The van der Waals surface area contributed by atoms with Gasteiger partial charge in [0, 0.05) is 124 Å². The van der Waals surface area contributed by atoms with E-state index in [1.807, 2.05) is 18.6 Å². The maximum Gasteiger partial charge on any atom is 0.326 e. The lowest BCUT2D eigenvalue weighted by atomic mass is 10.1. The number of carbonyl (C=O) groups is 3. The van der Waals surface area contributed by atoms with E-state index in [9.17, 15) is 14.4 Å². The van der Waals surface area contributed by atoms with Crippen molar-refractivity contribution in [1.29, 1.82) is 0 Å². The highest BCUT2D eigenvalue weighted by molar-refractivity contribution is 5.85. The van der Waals surface area contributed by atoms with Crippen LogP contribution in [0.4, 0.5) is 32.2 Å². The van der Waals surface area contributed by atoms with Crippen molar-refractivity contribution >= 4 is 60.8 Å². The molecule has 3 aliphatic carbocycles. The fourth-order valence-electron chi connectivity index (χ4n) is 11.8. The van der Waals surface area contributed by atoms with Gasteiger partial charge in [-0.05, 0) is 104 Å². The molecule has 26 nitrogen and oxygen atoms in total. The number of hydrogen-bond donors (Lipinski definition) is 9. The van der Waals surface area contributed by atoms with Crippen molar-refractivity contribution in [3.8, 4) is 37.0 Å². The predicted molar refractivity (Wildman–Crippen MR) is 381 cm³/mol. The molecule has 8 aromatic rings. The van der Waals surface area contributed by atoms with Gasteiger partial charge in [-0.2, -0.15) is 5.21 Å². The summed E-state index contributed by atoms with van der Waals surface area (Å²) >= 11 is 0. The fraction of sp³-hybridized carbons (Fsp3) is 0.386. The Balaban J connectivity index is 0.000000183. The molecule has 5 amide bonds. The van der Waals surface area contributed by atoms with Crippen LogP contribution >= 0.6 is 24.8 Å². The average molecular weight is 1370 g/mol. The predicted octanol–water partition coefficient (Wildman–Crippen LogP) is 6.61. The Morgan fingerprint density at radius 1 is 0.531 bits per heavy atom. The van der Waals surface area contributed by atoms with Crippen LogP contribution in [0.15, 0.2) is 110 Å². The molecule has 98 heavy (non-hydrogen) atoms. The molecule has 0 radical (unpaired) electrons. The molecule has 28 heteroatoms. The summed E-state index contributed by atoms with van der Waals surface area (Å²) in [5.41, 5.74) is 19.8. The largest absolute Gasteiger partial charge is 0.412 e. The van der Waals surface area contributed by atoms with Crippen LogP contribution in [-0.4, -0.2) is 138 Å². The Morgan fingerprint density at radius 3 is 1.35 bits per heavy atom. The molecule has 0 saturated heterocycles. The summed E-state index contributed by atoms with van der Waals surface area (Å²) in [6.07, 6.45) is 37.6. The van der Waals surface area contributed by atoms with Gasteiger partial charge in [-0.15, -0.1) is 72.0 Å². The second-order valence-corrected chi connectivity index (χ2v) is 23.7. The maximum atomic E-state index is 12.5. The molecule has 6 aliphatic rings. The molecule has 0 saturated carbocycles. The van der Waals surface area contributed by atoms with Crippen LogP contribution in [-0.2, 0) is 84.2 Å². The van der Waals surface area contributed by atoms with E-state index in [2.05, 4.69) is 183 Å². The molecular weight excluding hydrogens is 1280 g/mol. The third kappa shape index (κ3) is 21.9. The molecule has 0 fully saturated rings. The Hall–Kier alpha value is -10.3. The van der Waals surface area contributed by atoms with Crippen LogP contribution in [0.1, 0.15) is 118 Å². The van der Waals surface area contributed by atoms with Crippen molar-refractivity contribution in [2.75, 3.05) is 42.1 Å². The summed E-state index contributed by atoms with van der Waals surface area (Å²) in [6.45, 7) is 6.30. The van der Waals surface area contributed by atoms with Crippen molar-refractivity contribution in [1.82, 2.24) is 91.1 Å². The molecule has 3 aromatic carbocycles. The first kappa shape index (κ1) is 75.1. The highest BCUT2D eigenvalue weighted by Crippen LogP contribution is 2.29. The standard InChI is InChI=1S/C21H23N5O.C20H23N9O.C15H16N4.C9H11N3O.C5H9N.2ClH.H2O/c1-2-3-6-9-22-21(27)26-13-17-12-23-20(25-19(17)14-26)24-18-10-15-7-4-5-8-16(15)11-18;30-20(21-7-3-6-18-25-27-28-26-18)29-11-15-10-22-19(24-17(15)12-29)23-16-8-13-4-1-2-5-14(13)9-16;1-2-4-11-6-13(5-10(11)3-1)18-15-17-8-12-7-16-9-14(12)19-15;1-2-3-4-5-11-9(13)12-7-6-10-8-12;1-2-3-4-5-6;;;/h1,4-5,7-8,12,18H,3,6,9-11,13-14H2,(H,22,27)(H,23,24,25);1-2,4-5,10,16H,3,6-9,11-12H2,(H,21,30)(H,22,23,24)(H,25,26,27,28);1-4,8,13,16H,5-7,9H2,(H,17,18,19);1,6-8H,3-5H2,(H,11,13);1H,3-6H2;2*1H;1H2. The number of nitrogens with zero attached hydrogens (tertiary/aromatic N) is 13. The van der Waals surface area contributed by atoms with Crippen molar-refractivity contribution in [3.63, 3.8) is 0 Å². The lowest BCUT2D eigenvalue weighted by molar-refractivity contribution is 0.197. The van der Waals surface area contributed by atoms with Gasteiger partial charge in [-0.25, -0.2) is 49.3 Å². The average Bonchev–Trinajstić information content (AvgIpc) is 1.68. The third-order valence-corrected chi connectivity index (χ3v) is 16.7. The molecule has 3 aliphatic heterocycles. The number of tetrazole rings is 1. The Bertz CT molecular complexity index is 3900. The van der Waals surface area contributed by atoms with Crippen LogP contribution in [0.5, 0.6) is 0 Å². The summed E-state index contributed by atoms with van der Waals surface area (Å²) in [6, 6.07) is 26.4. The molecule has 514 valence electrons. The number of hydrogen-bond acceptors (Lipinski definition) is 18. The first-order chi connectivity index (χ1) is 46.6. The van der Waals surface area contributed by atoms with Gasteiger partial charge in [0.05, 0.1) is 43.3 Å². The van der Waals surface area contributed by atoms with Crippen LogP contribution in [0.3, 0.4) is 0 Å². The van der Waals surface area contributed by atoms with Crippen LogP contribution in [0.25, 0.3) is 0 Å². The van der Waals surface area contributed by atoms with Crippen LogP contribution in [0, 0.1) is 37.0 Å². The number of H-pyrrole nitrogens is 1. The number of imidazole rings is 1. The molecular formula is C70H86Cl2N22O4. The van der Waals surface area contributed by atoms with E-state index in [1.54, 1.807) is 22.2 Å². The number of fused-ring (bicyclic) bond motifs is 6. The highest BCUT2D eigenvalue weighted by atomic mass is 35.5. The second kappa shape index (κ2) is 39.1. The molecule has 8 heterocycles. The monoisotopic (exact) mass is 1370 g/mol. The quantitative estimate of drug-likeness (QED) is 0.0322.